The Kier molecular flexibility index (Phi) is 6.89. The van der Waals surface area contributed by atoms with Crippen LogP contribution in [-0.4, -0.2) is 42.7 Å². The van der Waals surface area contributed by atoms with Crippen LogP contribution in [0.25, 0.3) is 10.1 Å². The van der Waals surface area contributed by atoms with E-state index in [4.69, 9.17) is 20.3 Å². The first kappa shape index (κ1) is 24.5. The fourth-order valence-electron chi connectivity index (χ4n) is 2.51. The highest BCUT2D eigenvalue weighted by atomic mass is 32.2. The van der Waals surface area contributed by atoms with Gasteiger partial charge in [0.1, 0.15) is 15.6 Å². The third-order valence-electron chi connectivity index (χ3n) is 3.85. The van der Waals surface area contributed by atoms with E-state index in [2.05, 4.69) is 0 Å². The molecule has 1 aromatic carbocycles. The maximum Gasteiger partial charge on any atom is 0.400 e. The molecule has 0 saturated heterocycles. The van der Waals surface area contributed by atoms with Crippen LogP contribution in [0.3, 0.4) is 0 Å². The molecule has 0 saturated carbocycles. The van der Waals surface area contributed by atoms with Crippen molar-refractivity contribution in [2.75, 3.05) is 18.6 Å². The lowest BCUT2D eigenvalue weighted by Crippen LogP contribution is -2.14. The average Bonchev–Trinajstić information content (AvgIpc) is 2.97. The molecule has 0 aliphatic rings. The number of hydrogen-bond donors (Lipinski definition) is 3. The third kappa shape index (κ3) is 5.11. The van der Waals surface area contributed by atoms with Gasteiger partial charge in [-0.3, -0.25) is 9.36 Å². The number of sulfone groups is 1. The lowest BCUT2D eigenvalue weighted by molar-refractivity contribution is 0.0546. The molecule has 0 aliphatic heterocycles. The second-order valence-corrected chi connectivity index (χ2v) is 11.2. The Hall–Kier alpha value is -1.73. The van der Waals surface area contributed by atoms with E-state index in [0.717, 1.165) is 18.4 Å². The van der Waals surface area contributed by atoms with Crippen LogP contribution in [0.15, 0.2) is 12.1 Å². The Labute approximate surface area is 171 Å². The van der Waals surface area contributed by atoms with Gasteiger partial charge < -0.3 is 20.3 Å². The lowest BCUT2D eigenvalue weighted by atomic mass is 10.1. The Bertz CT molecular complexity index is 1130. The first-order valence-corrected chi connectivity index (χ1v) is 12.5. The van der Waals surface area contributed by atoms with Crippen molar-refractivity contribution >= 4 is 44.8 Å². The van der Waals surface area contributed by atoms with E-state index >= 15 is 0 Å². The zero-order chi connectivity index (χ0) is 23.1. The van der Waals surface area contributed by atoms with Crippen LogP contribution in [0.1, 0.15) is 33.6 Å². The highest BCUT2D eigenvalue weighted by Gasteiger charge is 2.54. The highest BCUT2D eigenvalue weighted by molar-refractivity contribution is 7.90. The van der Waals surface area contributed by atoms with Gasteiger partial charge in [-0.1, -0.05) is 0 Å². The van der Waals surface area contributed by atoms with Crippen molar-refractivity contribution in [3.8, 4) is 5.75 Å². The SMILES string of the molecule is CS(=O)(=O)CCCOc1cc(C(N)=O)cc2c(C(F)F)c(C(F)(F)P(=O)(O)O)sc12. The molecule has 2 rings (SSSR count). The Morgan fingerprint density at radius 3 is 2.40 bits per heavy atom. The first-order valence-electron chi connectivity index (χ1n) is 7.99. The monoisotopic (exact) mass is 493 g/mol. The number of carbonyl (C=O) groups is 1. The number of amides is 1. The minimum absolute atomic E-state index is 0.0209. The molecule has 168 valence electrons. The summed E-state index contributed by atoms with van der Waals surface area (Å²) in [5.41, 5.74) is -1.49. The molecule has 1 aromatic heterocycles. The molecule has 0 radical (unpaired) electrons. The molecular formula is C15H16F4NO7PS2. The third-order valence-corrected chi connectivity index (χ3v) is 7.30. The summed E-state index contributed by atoms with van der Waals surface area (Å²) in [7, 11) is -9.49. The molecule has 2 aromatic rings. The number of fused-ring (bicyclic) bond motifs is 1. The van der Waals surface area contributed by atoms with Crippen molar-refractivity contribution in [1.29, 1.82) is 0 Å². The van der Waals surface area contributed by atoms with Crippen molar-refractivity contribution < 1.29 is 49.9 Å². The number of carbonyl (C=O) groups excluding carboxylic acids is 1. The van der Waals surface area contributed by atoms with Gasteiger partial charge in [-0.05, 0) is 18.6 Å². The Balaban J connectivity index is 2.68. The molecule has 30 heavy (non-hydrogen) atoms. The number of thiophene rings is 1. The first-order chi connectivity index (χ1) is 13.6. The topological polar surface area (TPSA) is 144 Å². The molecule has 0 unspecified atom stereocenters. The number of ether oxygens (including phenoxy) is 1. The molecule has 0 aliphatic carbocycles. The van der Waals surface area contributed by atoms with Crippen LogP contribution in [0, 0.1) is 0 Å². The number of rotatable bonds is 9. The van der Waals surface area contributed by atoms with Crippen LogP contribution < -0.4 is 10.5 Å². The van der Waals surface area contributed by atoms with Crippen molar-refractivity contribution in [2.24, 2.45) is 5.73 Å². The maximum absolute atomic E-state index is 14.3. The Morgan fingerprint density at radius 2 is 1.93 bits per heavy atom. The fourth-order valence-corrected chi connectivity index (χ4v) is 5.17. The van der Waals surface area contributed by atoms with Crippen LogP contribution in [-0.2, 0) is 20.1 Å². The maximum atomic E-state index is 14.3. The van der Waals surface area contributed by atoms with E-state index < -0.39 is 51.3 Å². The zero-order valence-electron chi connectivity index (χ0n) is 15.1. The van der Waals surface area contributed by atoms with E-state index in [9.17, 15) is 35.3 Å². The van der Waals surface area contributed by atoms with Gasteiger partial charge in [-0.2, -0.15) is 8.78 Å². The number of hydrogen-bond acceptors (Lipinski definition) is 6. The standard InChI is InChI=1S/C15H16F4NO7PS2/c1-30(25,26)4-2-3-27-9-6-7(14(20)21)5-8-10(13(16)17)12(29-11(8)9)15(18,19)28(22,23)24/h5-6,13H,2-4H2,1H3,(H2,20,21)(H2,22,23,24). The molecule has 15 heteroatoms. The molecule has 0 bridgehead atoms. The smallest absolute Gasteiger partial charge is 0.400 e. The number of halogens is 4. The van der Waals surface area contributed by atoms with Gasteiger partial charge in [0.05, 0.1) is 21.9 Å². The minimum atomic E-state index is -6.16. The van der Waals surface area contributed by atoms with E-state index in [1.165, 1.54) is 0 Å². The van der Waals surface area contributed by atoms with Crippen LogP contribution in [0.2, 0.25) is 0 Å². The molecular weight excluding hydrogens is 477 g/mol. The molecule has 4 N–H and O–H groups in total. The predicted molar refractivity (Wildman–Crippen MR) is 101 cm³/mol. The molecule has 8 nitrogen and oxygen atoms in total. The van der Waals surface area contributed by atoms with Gasteiger partial charge in [0, 0.05) is 22.8 Å². The van der Waals surface area contributed by atoms with Gasteiger partial charge >= 0.3 is 13.3 Å². The van der Waals surface area contributed by atoms with E-state index in [0.29, 0.717) is 0 Å². The molecule has 0 fully saturated rings. The number of alkyl halides is 4. The zero-order valence-corrected chi connectivity index (χ0v) is 17.7. The summed E-state index contributed by atoms with van der Waals surface area (Å²) < 4.78 is 94.3. The second kappa shape index (κ2) is 8.42. The highest BCUT2D eigenvalue weighted by Crippen LogP contribution is 2.63. The number of benzene rings is 1. The van der Waals surface area contributed by atoms with Crippen LogP contribution in [0.4, 0.5) is 17.6 Å². The van der Waals surface area contributed by atoms with Crippen LogP contribution in [0.5, 0.6) is 5.75 Å². The van der Waals surface area contributed by atoms with E-state index in [1.54, 1.807) is 0 Å². The van der Waals surface area contributed by atoms with Gasteiger partial charge in [-0.25, -0.2) is 17.2 Å². The quantitative estimate of drug-likeness (QED) is 0.277. The summed E-state index contributed by atoms with van der Waals surface area (Å²) in [6.45, 7) is -0.267. The second-order valence-electron chi connectivity index (χ2n) is 6.28. The average molecular weight is 493 g/mol. The van der Waals surface area contributed by atoms with Gasteiger partial charge in [0.15, 0.2) is 0 Å². The summed E-state index contributed by atoms with van der Waals surface area (Å²) in [6, 6.07) is 1.80. The van der Waals surface area contributed by atoms with Crippen molar-refractivity contribution in [1.82, 2.24) is 0 Å². The Morgan fingerprint density at radius 1 is 1.33 bits per heavy atom. The molecule has 0 spiro atoms. The van der Waals surface area contributed by atoms with Gasteiger partial charge in [-0.15, -0.1) is 11.3 Å². The normalized spacial score (nSPS) is 13.2. The van der Waals surface area contributed by atoms with Crippen molar-refractivity contribution in [3.63, 3.8) is 0 Å². The van der Waals surface area contributed by atoms with Gasteiger partial charge in [0.2, 0.25) is 5.91 Å². The molecule has 1 heterocycles. The van der Waals surface area contributed by atoms with Crippen molar-refractivity contribution in [2.45, 2.75) is 18.5 Å². The van der Waals surface area contributed by atoms with E-state index in [-0.39, 0.29) is 46.1 Å². The molecule has 0 atom stereocenters. The number of nitrogens with two attached hydrogens (primary N) is 1. The van der Waals surface area contributed by atoms with Gasteiger partial charge in [0.25, 0.3) is 6.43 Å². The van der Waals surface area contributed by atoms with E-state index in [1.807, 2.05) is 0 Å². The summed E-state index contributed by atoms with van der Waals surface area (Å²) in [4.78, 5) is 27.9. The largest absolute Gasteiger partial charge is 0.492 e. The number of primary amides is 1. The lowest BCUT2D eigenvalue weighted by Gasteiger charge is -2.17. The molecule has 1 amide bonds. The summed E-state index contributed by atoms with van der Waals surface area (Å²) in [5.74, 6) is -1.69. The summed E-state index contributed by atoms with van der Waals surface area (Å²) >= 11 is -0.0209. The fraction of sp³-hybridized carbons (Fsp3) is 0.400. The summed E-state index contributed by atoms with van der Waals surface area (Å²) in [5, 5.41) is -0.576. The van der Waals surface area contributed by atoms with Crippen molar-refractivity contribution in [3.05, 3.63) is 28.1 Å². The van der Waals surface area contributed by atoms with Crippen LogP contribution >= 0.6 is 18.9 Å². The predicted octanol–water partition coefficient (Wildman–Crippen LogP) is 2.98. The minimum Gasteiger partial charge on any atom is -0.492 e. The summed E-state index contributed by atoms with van der Waals surface area (Å²) in [6.07, 6.45) is -2.61.